The molecule has 1 aliphatic rings. The summed E-state index contributed by atoms with van der Waals surface area (Å²) >= 11 is 3.40. The number of amides is 1. The number of piperidine rings is 1. The zero-order chi connectivity index (χ0) is 14.7. The number of rotatable bonds is 3. The van der Waals surface area contributed by atoms with Crippen LogP contribution in [0.1, 0.15) is 12.8 Å². The molecule has 118 valence electrons. The minimum absolute atomic E-state index is 0. The smallest absolute Gasteiger partial charge is 0.252 e. The first kappa shape index (κ1) is 17.0. The van der Waals surface area contributed by atoms with Crippen LogP contribution in [0.3, 0.4) is 0 Å². The molecule has 3 rings (SSSR count). The van der Waals surface area contributed by atoms with E-state index in [1.54, 1.807) is 10.9 Å². The quantitative estimate of drug-likeness (QED) is 0.854. The van der Waals surface area contributed by atoms with Gasteiger partial charge in [-0.2, -0.15) is 5.10 Å². The van der Waals surface area contributed by atoms with Crippen LogP contribution in [0.4, 0.5) is 5.69 Å². The van der Waals surface area contributed by atoms with Gasteiger partial charge in [-0.15, -0.1) is 12.4 Å². The Labute approximate surface area is 144 Å². The van der Waals surface area contributed by atoms with Crippen LogP contribution in [0.25, 0.3) is 0 Å². The van der Waals surface area contributed by atoms with Crippen molar-refractivity contribution in [2.45, 2.75) is 18.4 Å². The fourth-order valence-electron chi connectivity index (χ4n) is 2.70. The second-order valence-corrected chi connectivity index (χ2v) is 6.11. The van der Waals surface area contributed by atoms with Crippen molar-refractivity contribution >= 4 is 39.9 Å². The molecule has 5 nitrogen and oxygen atoms in total. The molecule has 7 heteroatoms. The first-order chi connectivity index (χ1) is 10.2. The number of hydrogen-bond donors (Lipinski definition) is 2. The summed E-state index contributed by atoms with van der Waals surface area (Å²) in [7, 11) is 0. The van der Waals surface area contributed by atoms with Crippen molar-refractivity contribution in [1.82, 2.24) is 15.1 Å². The Hall–Kier alpha value is -1.37. The number of nitrogens with one attached hydrogen (secondary N) is 2. The Kier molecular flexibility index (Phi) is 5.61. The maximum Gasteiger partial charge on any atom is 0.252 e. The third-order valence-corrected chi connectivity index (χ3v) is 4.43. The number of halogens is 2. The Morgan fingerprint density at radius 2 is 1.95 bits per heavy atom. The van der Waals surface area contributed by atoms with E-state index in [0.717, 1.165) is 36.1 Å². The van der Waals surface area contributed by atoms with Crippen molar-refractivity contribution < 1.29 is 4.79 Å². The van der Waals surface area contributed by atoms with Gasteiger partial charge in [0.15, 0.2) is 0 Å². The van der Waals surface area contributed by atoms with E-state index in [9.17, 15) is 4.79 Å². The highest BCUT2D eigenvalue weighted by Crippen LogP contribution is 2.29. The molecule has 1 fully saturated rings. The molecule has 0 unspecified atom stereocenters. The number of nitrogens with zero attached hydrogens (tertiary/aromatic N) is 2. The highest BCUT2D eigenvalue weighted by Gasteiger charge is 2.41. The van der Waals surface area contributed by atoms with Gasteiger partial charge >= 0.3 is 0 Å². The molecule has 2 heterocycles. The summed E-state index contributed by atoms with van der Waals surface area (Å²) in [6, 6.07) is 9.47. The van der Waals surface area contributed by atoms with Gasteiger partial charge in [0.25, 0.3) is 5.91 Å². The zero-order valence-corrected chi connectivity index (χ0v) is 14.4. The fraction of sp³-hybridized carbons (Fsp3) is 0.333. The van der Waals surface area contributed by atoms with Crippen molar-refractivity contribution in [3.8, 4) is 0 Å². The van der Waals surface area contributed by atoms with Crippen LogP contribution in [0.15, 0.2) is 47.2 Å². The lowest BCUT2D eigenvalue weighted by Crippen LogP contribution is -2.52. The van der Waals surface area contributed by atoms with Gasteiger partial charge in [-0.25, -0.2) is 0 Å². The SMILES string of the molecule is Cl.O=C(Nc1ccc(Br)cc1)C1(n2cccn2)CCNCC1. The molecule has 22 heavy (non-hydrogen) atoms. The average Bonchev–Trinajstić information content (AvgIpc) is 3.05. The Bertz CT molecular complexity index is 609. The summed E-state index contributed by atoms with van der Waals surface area (Å²) in [5.74, 6) is -0.00461. The number of carbonyl (C=O) groups excluding carboxylic acids is 1. The second kappa shape index (κ2) is 7.26. The van der Waals surface area contributed by atoms with E-state index < -0.39 is 5.54 Å². The fourth-order valence-corrected chi connectivity index (χ4v) is 2.97. The van der Waals surface area contributed by atoms with Crippen molar-refractivity contribution in [2.75, 3.05) is 18.4 Å². The number of benzene rings is 1. The molecule has 0 spiro atoms. The molecular formula is C15H18BrClN4O. The molecule has 1 aliphatic heterocycles. The van der Waals surface area contributed by atoms with Gasteiger partial charge in [-0.3, -0.25) is 9.48 Å². The van der Waals surface area contributed by atoms with Gasteiger partial charge in [0.2, 0.25) is 0 Å². The summed E-state index contributed by atoms with van der Waals surface area (Å²) in [6.07, 6.45) is 5.05. The molecule has 1 saturated heterocycles. The molecule has 1 aromatic heterocycles. The third kappa shape index (κ3) is 3.34. The average molecular weight is 386 g/mol. The highest BCUT2D eigenvalue weighted by molar-refractivity contribution is 9.10. The molecule has 1 amide bonds. The second-order valence-electron chi connectivity index (χ2n) is 5.19. The maximum absolute atomic E-state index is 12.9. The number of aromatic nitrogens is 2. The van der Waals surface area contributed by atoms with Gasteiger partial charge in [0.05, 0.1) is 0 Å². The van der Waals surface area contributed by atoms with Crippen LogP contribution in [-0.4, -0.2) is 28.8 Å². The zero-order valence-electron chi connectivity index (χ0n) is 12.0. The normalized spacial score (nSPS) is 16.6. The highest BCUT2D eigenvalue weighted by atomic mass is 79.9. The number of anilines is 1. The predicted molar refractivity (Wildman–Crippen MR) is 92.3 cm³/mol. The van der Waals surface area contributed by atoms with Crippen LogP contribution >= 0.6 is 28.3 Å². The van der Waals surface area contributed by atoms with Gasteiger partial charge in [-0.05, 0) is 56.3 Å². The van der Waals surface area contributed by atoms with Gasteiger partial charge in [0.1, 0.15) is 5.54 Å². The van der Waals surface area contributed by atoms with Gasteiger partial charge in [-0.1, -0.05) is 15.9 Å². The topological polar surface area (TPSA) is 59.0 Å². The lowest BCUT2D eigenvalue weighted by atomic mass is 9.87. The van der Waals surface area contributed by atoms with Gasteiger partial charge < -0.3 is 10.6 Å². The van der Waals surface area contributed by atoms with Crippen LogP contribution in [0.5, 0.6) is 0 Å². The van der Waals surface area contributed by atoms with Crippen LogP contribution in [0.2, 0.25) is 0 Å². The van der Waals surface area contributed by atoms with E-state index in [1.165, 1.54) is 0 Å². The van der Waals surface area contributed by atoms with E-state index in [4.69, 9.17) is 0 Å². The van der Waals surface area contributed by atoms with Crippen molar-refractivity contribution in [3.63, 3.8) is 0 Å². The molecule has 2 N–H and O–H groups in total. The Morgan fingerprint density at radius 3 is 2.55 bits per heavy atom. The first-order valence-corrected chi connectivity index (χ1v) is 7.78. The van der Waals surface area contributed by atoms with Gasteiger partial charge in [0, 0.05) is 22.6 Å². The van der Waals surface area contributed by atoms with E-state index >= 15 is 0 Å². The summed E-state index contributed by atoms with van der Waals surface area (Å²) in [5.41, 5.74) is 0.190. The molecule has 1 aromatic carbocycles. The molecule has 0 aliphatic carbocycles. The third-order valence-electron chi connectivity index (χ3n) is 3.90. The summed E-state index contributed by atoms with van der Waals surface area (Å²) in [6.45, 7) is 1.63. The van der Waals surface area contributed by atoms with E-state index in [2.05, 4.69) is 31.7 Å². The van der Waals surface area contributed by atoms with Crippen molar-refractivity contribution in [2.24, 2.45) is 0 Å². The van der Waals surface area contributed by atoms with Crippen molar-refractivity contribution in [3.05, 3.63) is 47.2 Å². The number of hydrogen-bond acceptors (Lipinski definition) is 3. The van der Waals surface area contributed by atoms with Crippen LogP contribution in [-0.2, 0) is 10.3 Å². The van der Waals surface area contributed by atoms with E-state index in [-0.39, 0.29) is 18.3 Å². The summed E-state index contributed by atoms with van der Waals surface area (Å²) < 4.78 is 2.78. The molecule has 0 saturated carbocycles. The van der Waals surface area contributed by atoms with Crippen LogP contribution in [0, 0.1) is 0 Å². The Balaban J connectivity index is 0.00000176. The van der Waals surface area contributed by atoms with E-state index in [1.807, 2.05) is 36.5 Å². The largest absolute Gasteiger partial charge is 0.324 e. The molecule has 2 aromatic rings. The molecule has 0 radical (unpaired) electrons. The monoisotopic (exact) mass is 384 g/mol. The predicted octanol–water partition coefficient (Wildman–Crippen LogP) is 2.78. The van der Waals surface area contributed by atoms with Crippen molar-refractivity contribution in [1.29, 1.82) is 0 Å². The molecule has 0 bridgehead atoms. The lowest BCUT2D eigenvalue weighted by Gasteiger charge is -2.36. The van der Waals surface area contributed by atoms with Crippen LogP contribution < -0.4 is 10.6 Å². The molecule has 0 atom stereocenters. The summed E-state index contributed by atoms with van der Waals surface area (Å²) in [5, 5.41) is 10.6. The number of carbonyl (C=O) groups is 1. The molecular weight excluding hydrogens is 368 g/mol. The Morgan fingerprint density at radius 1 is 1.27 bits per heavy atom. The summed E-state index contributed by atoms with van der Waals surface area (Å²) in [4.78, 5) is 12.9. The van der Waals surface area contributed by atoms with E-state index in [0.29, 0.717) is 0 Å². The minimum atomic E-state index is -0.609. The first-order valence-electron chi connectivity index (χ1n) is 6.99. The standard InChI is InChI=1S/C15H17BrN4O.ClH/c16-12-2-4-13(5-3-12)19-14(21)15(6-9-17-10-7-15)20-11-1-8-18-20;/h1-5,8,11,17H,6-7,9-10H2,(H,19,21);1H. The lowest BCUT2D eigenvalue weighted by molar-refractivity contribution is -0.126. The maximum atomic E-state index is 12.9. The minimum Gasteiger partial charge on any atom is -0.324 e.